The normalized spacial score (nSPS) is 25.7. The van der Waals surface area contributed by atoms with Gasteiger partial charge in [0, 0.05) is 31.0 Å². The molecule has 0 saturated carbocycles. The van der Waals surface area contributed by atoms with Crippen LogP contribution in [0.4, 0.5) is 0 Å². The van der Waals surface area contributed by atoms with E-state index in [1.165, 1.54) is 5.56 Å². The van der Waals surface area contributed by atoms with Gasteiger partial charge in [-0.1, -0.05) is 17.7 Å². The second-order valence-electron chi connectivity index (χ2n) is 5.08. The Labute approximate surface area is 122 Å². The molecule has 0 aromatic heterocycles. The summed E-state index contributed by atoms with van der Waals surface area (Å²) in [5.41, 5.74) is 1.73. The predicted octanol–water partition coefficient (Wildman–Crippen LogP) is 2.70. The lowest BCUT2D eigenvalue weighted by Gasteiger charge is -2.30. The van der Waals surface area contributed by atoms with Crippen LogP contribution in [-0.2, 0) is 22.6 Å². The minimum atomic E-state index is -0.615. The number of amides is 1. The van der Waals surface area contributed by atoms with E-state index in [0.717, 1.165) is 28.5 Å². The zero-order valence-electron chi connectivity index (χ0n) is 10.8. The van der Waals surface area contributed by atoms with Gasteiger partial charge in [-0.2, -0.15) is 11.8 Å². The van der Waals surface area contributed by atoms with Crippen LogP contribution in [0.15, 0.2) is 18.2 Å². The fraction of sp³-hybridized carbons (Fsp3) is 0.500. The maximum absolute atomic E-state index is 12.7. The van der Waals surface area contributed by atoms with Crippen LogP contribution < -0.4 is 0 Å². The number of halogens is 1. The minimum absolute atomic E-state index is 0.118. The molecule has 0 spiro atoms. The molecule has 0 radical (unpaired) electrons. The van der Waals surface area contributed by atoms with Crippen LogP contribution in [0, 0.1) is 0 Å². The molecule has 5 heteroatoms. The van der Waals surface area contributed by atoms with E-state index in [1.54, 1.807) is 18.9 Å². The fourth-order valence-corrected chi connectivity index (χ4v) is 4.29. The van der Waals surface area contributed by atoms with Gasteiger partial charge in [0.2, 0.25) is 0 Å². The first-order valence-corrected chi connectivity index (χ1v) is 7.87. The Hall–Kier alpha value is -0.710. The highest BCUT2D eigenvalue weighted by atomic mass is 35.5. The molecule has 1 atom stereocenters. The third-order valence-corrected chi connectivity index (χ3v) is 5.34. The largest absolute Gasteiger partial charge is 0.367 e. The Bertz CT molecular complexity index is 514. The number of carbonyl (C=O) groups is 1. The summed E-state index contributed by atoms with van der Waals surface area (Å²) in [6.07, 6.45) is 0.806. The van der Waals surface area contributed by atoms with Crippen LogP contribution in [0.1, 0.15) is 17.5 Å². The molecule has 2 aliphatic heterocycles. The number of hydrogen-bond donors (Lipinski definition) is 0. The Morgan fingerprint density at radius 2 is 2.21 bits per heavy atom. The van der Waals surface area contributed by atoms with E-state index in [9.17, 15) is 4.79 Å². The zero-order valence-corrected chi connectivity index (χ0v) is 12.4. The van der Waals surface area contributed by atoms with Gasteiger partial charge in [0.15, 0.2) is 5.60 Å². The maximum Gasteiger partial charge on any atom is 0.256 e. The number of benzene rings is 1. The summed E-state index contributed by atoms with van der Waals surface area (Å²) in [7, 11) is 1.64. The molecule has 3 nitrogen and oxygen atoms in total. The summed E-state index contributed by atoms with van der Waals surface area (Å²) in [6, 6.07) is 5.84. The number of hydrogen-bond acceptors (Lipinski definition) is 3. The summed E-state index contributed by atoms with van der Waals surface area (Å²) in [4.78, 5) is 14.6. The van der Waals surface area contributed by atoms with Crippen LogP contribution in [0.3, 0.4) is 0 Å². The van der Waals surface area contributed by atoms with Crippen molar-refractivity contribution in [3.05, 3.63) is 34.3 Å². The number of nitrogens with zero attached hydrogens (tertiary/aromatic N) is 1. The second kappa shape index (κ2) is 5.00. The molecule has 0 N–H and O–H groups in total. The second-order valence-corrected chi connectivity index (χ2v) is 6.62. The molecule has 0 aliphatic carbocycles. The molecule has 3 rings (SSSR count). The Morgan fingerprint density at radius 1 is 1.42 bits per heavy atom. The number of rotatable bonds is 2. The Kier molecular flexibility index (Phi) is 3.50. The van der Waals surface area contributed by atoms with Crippen LogP contribution in [0.25, 0.3) is 0 Å². The van der Waals surface area contributed by atoms with Gasteiger partial charge in [-0.15, -0.1) is 0 Å². The molecular formula is C14H16ClNO2S. The highest BCUT2D eigenvalue weighted by molar-refractivity contribution is 7.99. The number of thioether (sulfide) groups is 1. The fourth-order valence-electron chi connectivity index (χ4n) is 2.76. The monoisotopic (exact) mass is 297 g/mol. The molecular weight excluding hydrogens is 282 g/mol. The van der Waals surface area contributed by atoms with E-state index in [-0.39, 0.29) is 5.91 Å². The van der Waals surface area contributed by atoms with Crippen molar-refractivity contribution in [2.24, 2.45) is 0 Å². The third-order valence-electron chi connectivity index (χ3n) is 3.94. The van der Waals surface area contributed by atoms with Crippen LogP contribution in [-0.4, -0.2) is 35.0 Å². The lowest BCUT2D eigenvalue weighted by Crippen LogP contribution is -2.48. The van der Waals surface area contributed by atoms with Gasteiger partial charge < -0.3 is 9.64 Å². The number of ether oxygens (including phenoxy) is 1. The summed E-state index contributed by atoms with van der Waals surface area (Å²) < 4.78 is 5.56. The molecule has 19 heavy (non-hydrogen) atoms. The molecule has 1 aromatic rings. The van der Waals surface area contributed by atoms with Crippen molar-refractivity contribution in [3.63, 3.8) is 0 Å². The lowest BCUT2D eigenvalue weighted by molar-refractivity contribution is -0.152. The minimum Gasteiger partial charge on any atom is -0.367 e. The van der Waals surface area contributed by atoms with E-state index >= 15 is 0 Å². The van der Waals surface area contributed by atoms with Crippen molar-refractivity contribution in [1.29, 1.82) is 0 Å². The molecule has 1 saturated heterocycles. The summed E-state index contributed by atoms with van der Waals surface area (Å²) >= 11 is 7.79. The van der Waals surface area contributed by atoms with Gasteiger partial charge in [0.05, 0.1) is 0 Å². The summed E-state index contributed by atoms with van der Waals surface area (Å²) in [5.74, 6) is 1.87. The van der Waals surface area contributed by atoms with Gasteiger partial charge in [-0.05, 0) is 35.4 Å². The van der Waals surface area contributed by atoms with Crippen LogP contribution >= 0.6 is 23.4 Å². The SMILES string of the molecule is COC1(C(=O)N2Cc3ccc(Cl)cc3C2)CCSC1. The lowest BCUT2D eigenvalue weighted by atomic mass is 10.0. The van der Waals surface area contributed by atoms with Gasteiger partial charge in [-0.3, -0.25) is 4.79 Å². The van der Waals surface area contributed by atoms with E-state index in [1.807, 2.05) is 23.1 Å². The average molecular weight is 298 g/mol. The van der Waals surface area contributed by atoms with E-state index in [4.69, 9.17) is 16.3 Å². The van der Waals surface area contributed by atoms with Gasteiger partial charge in [-0.25, -0.2) is 0 Å². The highest BCUT2D eigenvalue weighted by Crippen LogP contribution is 2.35. The molecule has 1 unspecified atom stereocenters. The molecule has 2 heterocycles. The van der Waals surface area contributed by atoms with Crippen LogP contribution in [0.5, 0.6) is 0 Å². The first kappa shape index (κ1) is 13.3. The van der Waals surface area contributed by atoms with Crippen molar-refractivity contribution >= 4 is 29.3 Å². The molecule has 1 amide bonds. The maximum atomic E-state index is 12.7. The van der Waals surface area contributed by atoms with Gasteiger partial charge >= 0.3 is 0 Å². The van der Waals surface area contributed by atoms with Crippen LogP contribution in [0.2, 0.25) is 5.02 Å². The van der Waals surface area contributed by atoms with Gasteiger partial charge in [0.25, 0.3) is 5.91 Å². The first-order chi connectivity index (χ1) is 9.14. The van der Waals surface area contributed by atoms with E-state index in [0.29, 0.717) is 13.1 Å². The topological polar surface area (TPSA) is 29.5 Å². The smallest absolute Gasteiger partial charge is 0.256 e. The third kappa shape index (κ3) is 2.26. The van der Waals surface area contributed by atoms with Crippen molar-refractivity contribution in [3.8, 4) is 0 Å². The number of methoxy groups -OCH3 is 1. The van der Waals surface area contributed by atoms with Gasteiger partial charge in [0.1, 0.15) is 0 Å². The standard InChI is InChI=1S/C14H16ClNO2S/c1-18-14(4-5-19-9-14)13(17)16-7-10-2-3-12(15)6-11(10)8-16/h2-3,6H,4-5,7-9H2,1H3. The summed E-state index contributed by atoms with van der Waals surface area (Å²) in [5, 5.41) is 0.728. The zero-order chi connectivity index (χ0) is 13.5. The Morgan fingerprint density at radius 3 is 2.89 bits per heavy atom. The van der Waals surface area contributed by atoms with Crippen molar-refractivity contribution in [2.75, 3.05) is 18.6 Å². The van der Waals surface area contributed by atoms with E-state index < -0.39 is 5.60 Å². The van der Waals surface area contributed by atoms with Crippen molar-refractivity contribution in [2.45, 2.75) is 25.1 Å². The number of carbonyl (C=O) groups excluding carboxylic acids is 1. The molecule has 1 aromatic carbocycles. The molecule has 102 valence electrons. The highest BCUT2D eigenvalue weighted by Gasteiger charge is 2.45. The molecule has 0 bridgehead atoms. The van der Waals surface area contributed by atoms with Crippen molar-refractivity contribution < 1.29 is 9.53 Å². The average Bonchev–Trinajstić information content (AvgIpc) is 3.04. The predicted molar refractivity (Wildman–Crippen MR) is 77.4 cm³/mol. The Balaban J connectivity index is 1.80. The molecule has 2 aliphatic rings. The van der Waals surface area contributed by atoms with E-state index in [2.05, 4.69) is 0 Å². The van der Waals surface area contributed by atoms with Crippen molar-refractivity contribution in [1.82, 2.24) is 4.90 Å². The molecule has 1 fully saturated rings. The quantitative estimate of drug-likeness (QED) is 0.840. The first-order valence-electron chi connectivity index (χ1n) is 6.34. The number of fused-ring (bicyclic) bond motifs is 1. The summed E-state index contributed by atoms with van der Waals surface area (Å²) in [6.45, 7) is 1.31.